The van der Waals surface area contributed by atoms with Crippen LogP contribution in [0.5, 0.6) is 5.75 Å². The molecule has 0 amide bonds. The van der Waals surface area contributed by atoms with Crippen LogP contribution in [0.25, 0.3) is 28.3 Å². The molecule has 0 aliphatic carbocycles. The Morgan fingerprint density at radius 1 is 1.11 bits per heavy atom. The summed E-state index contributed by atoms with van der Waals surface area (Å²) in [4.78, 5) is 17.5. The van der Waals surface area contributed by atoms with Gasteiger partial charge in [-0.3, -0.25) is 4.90 Å². The van der Waals surface area contributed by atoms with Gasteiger partial charge in [-0.05, 0) is 49.2 Å². The van der Waals surface area contributed by atoms with Crippen LogP contribution in [0.1, 0.15) is 19.3 Å². The molecule has 0 unspecified atom stereocenters. The van der Waals surface area contributed by atoms with Crippen molar-refractivity contribution in [2.45, 2.75) is 31.3 Å². The summed E-state index contributed by atoms with van der Waals surface area (Å²) in [6.07, 6.45) is 7.10. The minimum Gasteiger partial charge on any atom is -0.492 e. The van der Waals surface area contributed by atoms with Crippen molar-refractivity contribution in [3.63, 3.8) is 0 Å². The lowest BCUT2D eigenvalue weighted by Crippen LogP contribution is -2.59. The van der Waals surface area contributed by atoms with Crippen LogP contribution in [0.3, 0.4) is 0 Å². The molecule has 7 rings (SSSR count). The van der Waals surface area contributed by atoms with Crippen LogP contribution in [0.2, 0.25) is 0 Å². The van der Waals surface area contributed by atoms with Gasteiger partial charge in [0.2, 0.25) is 5.82 Å². The number of hydrogen-bond acceptors (Lipinski definition) is 8. The summed E-state index contributed by atoms with van der Waals surface area (Å²) < 4.78 is 13.3. The lowest BCUT2D eigenvalue weighted by Gasteiger charge is -2.48. The van der Waals surface area contributed by atoms with Crippen molar-refractivity contribution in [1.29, 1.82) is 0 Å². The minimum atomic E-state index is 0.417. The Morgan fingerprint density at radius 3 is 3.00 bits per heavy atom. The number of hydrogen-bond donors (Lipinski definition) is 2. The molecule has 36 heavy (non-hydrogen) atoms. The van der Waals surface area contributed by atoms with Gasteiger partial charge >= 0.3 is 0 Å². The number of aromatic nitrogens is 5. The molecule has 6 heterocycles. The highest BCUT2D eigenvalue weighted by Gasteiger charge is 2.36. The summed E-state index contributed by atoms with van der Waals surface area (Å²) in [7, 11) is 0. The molecule has 3 N–H and O–H groups in total. The van der Waals surface area contributed by atoms with Crippen molar-refractivity contribution in [3.8, 4) is 17.3 Å². The van der Waals surface area contributed by atoms with Gasteiger partial charge in [-0.25, -0.2) is 0 Å². The Kier molecular flexibility index (Phi) is 5.05. The Morgan fingerprint density at radius 2 is 2.08 bits per heavy atom. The van der Waals surface area contributed by atoms with E-state index in [4.69, 9.17) is 19.9 Å². The molecule has 184 valence electrons. The summed E-state index contributed by atoms with van der Waals surface area (Å²) in [6.45, 7) is 3.46. The second kappa shape index (κ2) is 8.56. The normalized spacial score (nSPS) is 20.7. The van der Waals surface area contributed by atoms with Crippen LogP contribution in [0, 0.1) is 0 Å². The van der Waals surface area contributed by atoms with E-state index in [1.54, 1.807) is 10.8 Å². The molecule has 2 aliphatic rings. The zero-order valence-corrected chi connectivity index (χ0v) is 19.9. The first-order valence-electron chi connectivity index (χ1n) is 12.5. The fraction of sp³-hybridized carbons (Fsp3) is 0.346. The predicted octanol–water partition coefficient (Wildman–Crippen LogP) is 3.57. The summed E-state index contributed by atoms with van der Waals surface area (Å²) in [5, 5.41) is 5.63. The number of anilines is 2. The zero-order valence-electron chi connectivity index (χ0n) is 19.9. The third-order valence-electron chi connectivity index (χ3n) is 7.43. The van der Waals surface area contributed by atoms with Gasteiger partial charge in [-0.1, -0.05) is 6.42 Å². The number of fused-ring (bicyclic) bond motifs is 3. The Balaban J connectivity index is 1.06. The second-order valence-electron chi connectivity index (χ2n) is 9.62. The number of piperidine rings is 1. The van der Waals surface area contributed by atoms with Crippen molar-refractivity contribution in [2.75, 3.05) is 36.9 Å². The van der Waals surface area contributed by atoms with E-state index in [9.17, 15) is 0 Å². The summed E-state index contributed by atoms with van der Waals surface area (Å²) in [6, 6.07) is 14.7. The van der Waals surface area contributed by atoms with Crippen molar-refractivity contribution >= 4 is 28.3 Å². The molecule has 0 spiro atoms. The van der Waals surface area contributed by atoms with Crippen molar-refractivity contribution in [3.05, 3.63) is 54.9 Å². The zero-order chi connectivity index (χ0) is 24.1. The number of rotatable bonds is 5. The van der Waals surface area contributed by atoms with E-state index < -0.39 is 0 Å². The van der Waals surface area contributed by atoms with Gasteiger partial charge in [0, 0.05) is 54.9 Å². The Bertz CT molecular complexity index is 1510. The molecule has 0 saturated carbocycles. The number of aromatic amines is 1. The van der Waals surface area contributed by atoms with Gasteiger partial charge in [0.25, 0.3) is 5.78 Å². The molecular weight excluding hydrogens is 456 g/mol. The van der Waals surface area contributed by atoms with Gasteiger partial charge in [0.1, 0.15) is 24.0 Å². The maximum Gasteiger partial charge on any atom is 0.256 e. The van der Waals surface area contributed by atoms with Crippen LogP contribution in [-0.2, 0) is 0 Å². The van der Waals surface area contributed by atoms with E-state index in [-0.39, 0.29) is 0 Å². The number of nitrogens with zero attached hydrogens (tertiary/aromatic N) is 6. The third-order valence-corrected chi connectivity index (χ3v) is 7.43. The molecule has 2 aliphatic heterocycles. The average molecular weight is 485 g/mol. The first kappa shape index (κ1) is 21.3. The molecule has 10 nitrogen and oxygen atoms in total. The molecule has 2 fully saturated rings. The SMILES string of the molecule is Nc1cc(N2CCN3[C@@H](COc4ccc5[nH]ccc5c4)CCC[C@H]3C2)nc2nc(-c3ccco3)nn12. The number of nitrogen functional groups attached to an aromatic ring is 1. The van der Waals surface area contributed by atoms with Crippen LogP contribution in [0.15, 0.2) is 59.3 Å². The van der Waals surface area contributed by atoms with Gasteiger partial charge < -0.3 is 24.8 Å². The molecular formula is C26H28N8O2. The maximum absolute atomic E-state index is 6.34. The fourth-order valence-corrected chi connectivity index (χ4v) is 5.61. The third kappa shape index (κ3) is 3.74. The lowest BCUT2D eigenvalue weighted by atomic mass is 9.93. The predicted molar refractivity (Wildman–Crippen MR) is 137 cm³/mol. The molecule has 5 aromatic rings. The number of piperazine rings is 1. The summed E-state index contributed by atoms with van der Waals surface area (Å²) in [5.41, 5.74) is 7.47. The van der Waals surface area contributed by atoms with Crippen LogP contribution in [0.4, 0.5) is 11.6 Å². The second-order valence-corrected chi connectivity index (χ2v) is 9.62. The number of H-pyrrole nitrogens is 1. The largest absolute Gasteiger partial charge is 0.492 e. The molecule has 2 saturated heterocycles. The fourth-order valence-electron chi connectivity index (χ4n) is 5.61. The topological polar surface area (TPSA) is 114 Å². The van der Waals surface area contributed by atoms with Gasteiger partial charge in [-0.15, -0.1) is 5.10 Å². The first-order chi connectivity index (χ1) is 17.7. The first-order valence-corrected chi connectivity index (χ1v) is 12.5. The van der Waals surface area contributed by atoms with Gasteiger partial charge in [-0.2, -0.15) is 14.5 Å². The van der Waals surface area contributed by atoms with E-state index in [2.05, 4.69) is 43.1 Å². The van der Waals surface area contributed by atoms with E-state index in [0.717, 1.165) is 43.1 Å². The number of benzene rings is 1. The number of ether oxygens (including phenoxy) is 1. The molecule has 4 aromatic heterocycles. The van der Waals surface area contributed by atoms with E-state index >= 15 is 0 Å². The van der Waals surface area contributed by atoms with Gasteiger partial charge in [0.15, 0.2) is 5.76 Å². The highest BCUT2D eigenvalue weighted by molar-refractivity contribution is 5.80. The molecule has 10 heteroatoms. The van der Waals surface area contributed by atoms with Crippen LogP contribution in [-0.4, -0.2) is 67.8 Å². The molecule has 0 bridgehead atoms. The van der Waals surface area contributed by atoms with Crippen molar-refractivity contribution < 1.29 is 9.15 Å². The number of nitrogens with one attached hydrogen (secondary N) is 1. The van der Waals surface area contributed by atoms with Crippen LogP contribution < -0.4 is 15.4 Å². The van der Waals surface area contributed by atoms with E-state index in [0.29, 0.717) is 41.9 Å². The smallest absolute Gasteiger partial charge is 0.256 e. The number of nitrogens with two attached hydrogens (primary N) is 1. The minimum absolute atomic E-state index is 0.417. The number of furan rings is 1. The van der Waals surface area contributed by atoms with Crippen molar-refractivity contribution in [1.82, 2.24) is 29.5 Å². The quantitative estimate of drug-likeness (QED) is 0.389. The van der Waals surface area contributed by atoms with Crippen molar-refractivity contribution in [2.24, 2.45) is 0 Å². The Hall–Kier alpha value is -4.05. The molecule has 1 aromatic carbocycles. The summed E-state index contributed by atoms with van der Waals surface area (Å²) in [5.74, 6) is 3.84. The lowest BCUT2D eigenvalue weighted by molar-refractivity contribution is 0.0433. The highest BCUT2D eigenvalue weighted by atomic mass is 16.5. The Labute approximate surface area is 207 Å². The van der Waals surface area contributed by atoms with Gasteiger partial charge in [0.05, 0.1) is 6.26 Å². The van der Waals surface area contributed by atoms with Crippen LogP contribution >= 0.6 is 0 Å². The standard InChI is InChI=1S/C26H28N8O2/c27-23-14-24(29-26-30-25(31-34(23)26)22-5-2-12-35-22)32-10-11-33-18(15-32)3-1-4-19(33)16-36-20-6-7-21-17(13-20)8-9-28-21/h2,5-9,12-14,18-19,28H,1,3-4,10-11,15-16,27H2/t18-,19+/m0/s1. The molecule has 0 radical (unpaired) electrons. The van der Waals surface area contributed by atoms with E-state index in [1.807, 2.05) is 30.5 Å². The highest BCUT2D eigenvalue weighted by Crippen LogP contribution is 2.30. The summed E-state index contributed by atoms with van der Waals surface area (Å²) >= 11 is 0. The average Bonchev–Trinajstić information content (AvgIpc) is 3.67. The molecule has 2 atom stereocenters. The van der Waals surface area contributed by atoms with E-state index in [1.165, 1.54) is 18.2 Å². The maximum atomic E-state index is 6.34. The monoisotopic (exact) mass is 484 g/mol.